The third-order valence-electron chi connectivity index (χ3n) is 2.48. The van der Waals surface area contributed by atoms with E-state index in [0.29, 0.717) is 9.47 Å². The van der Waals surface area contributed by atoms with Crippen LogP contribution in [0.4, 0.5) is 0 Å². The van der Waals surface area contributed by atoms with E-state index in [1.165, 1.54) is 15.9 Å². The SMILES string of the molecule is CC(CC(N)=O)n1c(=S)[nH]c2ccsc2c1=O. The highest BCUT2D eigenvalue weighted by Gasteiger charge is 2.14. The van der Waals surface area contributed by atoms with Crippen LogP contribution < -0.4 is 11.3 Å². The lowest BCUT2D eigenvalue weighted by Gasteiger charge is -2.13. The van der Waals surface area contributed by atoms with E-state index in [2.05, 4.69) is 4.98 Å². The number of aromatic nitrogens is 2. The highest BCUT2D eigenvalue weighted by Crippen LogP contribution is 2.16. The number of carbonyl (C=O) groups is 1. The van der Waals surface area contributed by atoms with E-state index >= 15 is 0 Å². The molecule has 2 aromatic rings. The van der Waals surface area contributed by atoms with Gasteiger partial charge in [0.05, 0.1) is 5.52 Å². The van der Waals surface area contributed by atoms with Gasteiger partial charge in [0.15, 0.2) is 4.77 Å². The zero-order valence-electron chi connectivity index (χ0n) is 9.10. The molecule has 3 N–H and O–H groups in total. The van der Waals surface area contributed by atoms with Crippen molar-refractivity contribution >= 4 is 39.7 Å². The van der Waals surface area contributed by atoms with Crippen molar-refractivity contribution in [1.82, 2.24) is 9.55 Å². The third-order valence-corrected chi connectivity index (χ3v) is 3.68. The van der Waals surface area contributed by atoms with Gasteiger partial charge in [-0.3, -0.25) is 14.2 Å². The number of aromatic amines is 1. The highest BCUT2D eigenvalue weighted by molar-refractivity contribution is 7.71. The molecule has 2 rings (SSSR count). The van der Waals surface area contributed by atoms with E-state index in [0.717, 1.165) is 5.52 Å². The Labute approximate surface area is 106 Å². The number of hydrogen-bond acceptors (Lipinski definition) is 4. The van der Waals surface area contributed by atoms with Crippen molar-refractivity contribution < 1.29 is 4.79 Å². The van der Waals surface area contributed by atoms with Crippen LogP contribution in [0.5, 0.6) is 0 Å². The Morgan fingerprint density at radius 3 is 3.06 bits per heavy atom. The Morgan fingerprint density at radius 1 is 1.71 bits per heavy atom. The van der Waals surface area contributed by atoms with Crippen LogP contribution in [0.1, 0.15) is 19.4 Å². The second-order valence-electron chi connectivity index (χ2n) is 3.79. The van der Waals surface area contributed by atoms with E-state index in [4.69, 9.17) is 18.0 Å². The number of amides is 1. The number of hydrogen-bond donors (Lipinski definition) is 2. The minimum absolute atomic E-state index is 0.0915. The van der Waals surface area contributed by atoms with Crippen LogP contribution in [0.15, 0.2) is 16.2 Å². The molecule has 2 heterocycles. The number of H-pyrrole nitrogens is 1. The molecule has 0 saturated heterocycles. The summed E-state index contributed by atoms with van der Waals surface area (Å²) in [5.74, 6) is -0.454. The highest BCUT2D eigenvalue weighted by atomic mass is 32.1. The smallest absolute Gasteiger partial charge is 0.272 e. The van der Waals surface area contributed by atoms with Crippen LogP contribution in [0.25, 0.3) is 10.2 Å². The van der Waals surface area contributed by atoms with Gasteiger partial charge in [-0.25, -0.2) is 0 Å². The van der Waals surface area contributed by atoms with Gasteiger partial charge in [-0.1, -0.05) is 0 Å². The zero-order valence-corrected chi connectivity index (χ0v) is 10.7. The van der Waals surface area contributed by atoms with Crippen LogP contribution in [-0.4, -0.2) is 15.5 Å². The van der Waals surface area contributed by atoms with Crippen molar-refractivity contribution in [2.24, 2.45) is 5.73 Å². The van der Waals surface area contributed by atoms with E-state index in [1.54, 1.807) is 13.0 Å². The van der Waals surface area contributed by atoms with Crippen LogP contribution in [-0.2, 0) is 4.79 Å². The topological polar surface area (TPSA) is 80.9 Å². The number of carbonyl (C=O) groups excluding carboxylic acids is 1. The van der Waals surface area contributed by atoms with E-state index in [9.17, 15) is 9.59 Å². The molecule has 2 aromatic heterocycles. The Morgan fingerprint density at radius 2 is 2.41 bits per heavy atom. The number of rotatable bonds is 3. The van der Waals surface area contributed by atoms with Crippen LogP contribution in [0.2, 0.25) is 0 Å². The zero-order chi connectivity index (χ0) is 12.6. The molecule has 1 unspecified atom stereocenters. The summed E-state index contributed by atoms with van der Waals surface area (Å²) in [4.78, 5) is 26.0. The van der Waals surface area contributed by atoms with Crippen molar-refractivity contribution in [2.45, 2.75) is 19.4 Å². The molecule has 90 valence electrons. The monoisotopic (exact) mass is 269 g/mol. The van der Waals surface area contributed by atoms with E-state index < -0.39 is 5.91 Å². The molecule has 0 saturated carbocycles. The molecule has 0 fully saturated rings. The van der Waals surface area contributed by atoms with E-state index in [-0.39, 0.29) is 18.0 Å². The summed E-state index contributed by atoms with van der Waals surface area (Å²) in [5.41, 5.74) is 5.68. The minimum atomic E-state index is -0.454. The molecular weight excluding hydrogens is 258 g/mol. The first-order chi connectivity index (χ1) is 8.00. The fourth-order valence-corrected chi connectivity index (χ4v) is 2.89. The van der Waals surface area contributed by atoms with Gasteiger partial charge in [0, 0.05) is 12.5 Å². The predicted octanol–water partition coefficient (Wildman–Crippen LogP) is 1.56. The molecule has 0 bridgehead atoms. The van der Waals surface area contributed by atoms with Crippen molar-refractivity contribution in [3.63, 3.8) is 0 Å². The number of nitrogens with two attached hydrogens (primary N) is 1. The first-order valence-electron chi connectivity index (χ1n) is 5.01. The number of thiophene rings is 1. The molecule has 0 radical (unpaired) electrons. The normalized spacial score (nSPS) is 12.8. The first-order valence-corrected chi connectivity index (χ1v) is 6.30. The number of fused-ring (bicyclic) bond motifs is 1. The predicted molar refractivity (Wildman–Crippen MR) is 69.8 cm³/mol. The molecule has 17 heavy (non-hydrogen) atoms. The Kier molecular flexibility index (Phi) is 3.12. The number of nitrogens with one attached hydrogen (secondary N) is 1. The Bertz CT molecular complexity index is 683. The molecule has 0 aromatic carbocycles. The Hall–Kier alpha value is -1.47. The third kappa shape index (κ3) is 2.16. The van der Waals surface area contributed by atoms with Crippen LogP contribution in [0.3, 0.4) is 0 Å². The van der Waals surface area contributed by atoms with Gasteiger partial charge < -0.3 is 10.7 Å². The second-order valence-corrected chi connectivity index (χ2v) is 5.09. The number of nitrogens with zero attached hydrogens (tertiary/aromatic N) is 1. The molecule has 0 spiro atoms. The average molecular weight is 269 g/mol. The van der Waals surface area contributed by atoms with Gasteiger partial charge in [0.2, 0.25) is 5.91 Å². The number of primary amides is 1. The molecule has 1 atom stereocenters. The summed E-state index contributed by atoms with van der Waals surface area (Å²) in [5, 5.41) is 1.82. The lowest BCUT2D eigenvalue weighted by Crippen LogP contribution is -2.27. The maximum atomic E-state index is 12.2. The molecule has 0 aliphatic carbocycles. The van der Waals surface area contributed by atoms with Crippen molar-refractivity contribution in [2.75, 3.05) is 0 Å². The van der Waals surface area contributed by atoms with E-state index in [1.807, 2.05) is 5.38 Å². The van der Waals surface area contributed by atoms with Crippen molar-refractivity contribution in [1.29, 1.82) is 0 Å². The van der Waals surface area contributed by atoms with Gasteiger partial charge in [0.25, 0.3) is 5.56 Å². The molecular formula is C10H11N3O2S2. The van der Waals surface area contributed by atoms with Crippen molar-refractivity contribution in [3.05, 3.63) is 26.6 Å². The van der Waals surface area contributed by atoms with Gasteiger partial charge in [-0.2, -0.15) is 0 Å². The fourth-order valence-electron chi connectivity index (χ4n) is 1.73. The van der Waals surface area contributed by atoms with Crippen molar-refractivity contribution in [3.8, 4) is 0 Å². The molecule has 0 aliphatic heterocycles. The summed E-state index contributed by atoms with van der Waals surface area (Å²) >= 11 is 6.47. The van der Waals surface area contributed by atoms with Gasteiger partial charge in [-0.05, 0) is 30.6 Å². The second kappa shape index (κ2) is 4.42. The summed E-state index contributed by atoms with van der Waals surface area (Å²) < 4.78 is 2.32. The maximum Gasteiger partial charge on any atom is 0.272 e. The molecule has 5 nitrogen and oxygen atoms in total. The summed E-state index contributed by atoms with van der Waals surface area (Å²) in [6.45, 7) is 1.75. The maximum absolute atomic E-state index is 12.2. The van der Waals surface area contributed by atoms with Gasteiger partial charge in [0.1, 0.15) is 4.70 Å². The molecule has 7 heteroatoms. The molecule has 1 amide bonds. The fraction of sp³-hybridized carbons (Fsp3) is 0.300. The summed E-state index contributed by atoms with van der Waals surface area (Å²) in [6.07, 6.45) is 0.0915. The van der Waals surface area contributed by atoms with Crippen LogP contribution >= 0.6 is 23.6 Å². The minimum Gasteiger partial charge on any atom is -0.370 e. The quantitative estimate of drug-likeness (QED) is 0.830. The standard InChI is InChI=1S/C10H11N3O2S2/c1-5(4-7(11)14)13-9(15)8-6(2-3-17-8)12-10(13)16/h2-3,5H,4H2,1H3,(H2,11,14)(H,12,16). The lowest BCUT2D eigenvalue weighted by atomic mass is 10.2. The largest absolute Gasteiger partial charge is 0.370 e. The first kappa shape index (κ1) is 12.0. The van der Waals surface area contributed by atoms with Gasteiger partial charge in [-0.15, -0.1) is 11.3 Å². The Balaban J connectivity index is 2.64. The van der Waals surface area contributed by atoms with Gasteiger partial charge >= 0.3 is 0 Å². The lowest BCUT2D eigenvalue weighted by molar-refractivity contribution is -0.118. The summed E-state index contributed by atoms with van der Waals surface area (Å²) in [6, 6.07) is 1.47. The van der Waals surface area contributed by atoms with Crippen LogP contribution in [0, 0.1) is 4.77 Å². The average Bonchev–Trinajstić information content (AvgIpc) is 2.64. The summed E-state index contributed by atoms with van der Waals surface area (Å²) in [7, 11) is 0. The molecule has 0 aliphatic rings.